The van der Waals surface area contributed by atoms with Crippen LogP contribution >= 0.6 is 11.3 Å². The minimum Gasteiger partial charge on any atom is -0.748 e. The Morgan fingerprint density at radius 2 is 1.51 bits per heavy atom. The predicted molar refractivity (Wildman–Crippen MR) is 149 cm³/mol. The van der Waals surface area contributed by atoms with Crippen molar-refractivity contribution in [1.29, 1.82) is 0 Å². The van der Waals surface area contributed by atoms with E-state index in [-0.39, 0.29) is 5.75 Å². The lowest BCUT2D eigenvalue weighted by atomic mass is 10.1. The highest BCUT2D eigenvalue weighted by molar-refractivity contribution is 7.85. The second-order valence-electron chi connectivity index (χ2n) is 9.37. The summed E-state index contributed by atoms with van der Waals surface area (Å²) in [6.45, 7) is 9.55. The van der Waals surface area contributed by atoms with Crippen LogP contribution in [-0.4, -0.2) is 31.8 Å². The van der Waals surface area contributed by atoms with Crippen LogP contribution in [-0.2, 0) is 16.7 Å². The minimum absolute atomic E-state index is 0.289. The summed E-state index contributed by atoms with van der Waals surface area (Å²) in [5.74, 6) is -0.289. The molecule has 0 spiro atoms. The molecule has 0 N–H and O–H groups in total. The monoisotopic (exact) mass is 520 g/mol. The third-order valence-electron chi connectivity index (χ3n) is 6.31. The maximum Gasteiger partial charge on any atom is 0.261 e. The second kappa shape index (κ2) is 16.1. The molecule has 0 atom stereocenters. The first-order valence-corrected chi connectivity index (χ1v) is 15.7. The summed E-state index contributed by atoms with van der Waals surface area (Å²) in [7, 11) is -4.13. The molecule has 0 unspecified atom stereocenters. The van der Waals surface area contributed by atoms with E-state index in [1.165, 1.54) is 62.6 Å². The minimum atomic E-state index is -4.13. The molecule has 196 valence electrons. The van der Waals surface area contributed by atoms with Gasteiger partial charge in [0, 0.05) is 44.0 Å². The highest BCUT2D eigenvalue weighted by Crippen LogP contribution is 2.20. The smallest absolute Gasteiger partial charge is 0.261 e. The van der Waals surface area contributed by atoms with Crippen LogP contribution in [0, 0.1) is 6.92 Å². The molecule has 0 amide bonds. The van der Waals surface area contributed by atoms with Gasteiger partial charge >= 0.3 is 0 Å². The van der Waals surface area contributed by atoms with E-state index in [0.29, 0.717) is 19.4 Å². The van der Waals surface area contributed by atoms with Crippen LogP contribution < -0.4 is 9.47 Å². The first kappa shape index (κ1) is 29.5. The first-order chi connectivity index (χ1) is 16.8. The van der Waals surface area contributed by atoms with Crippen molar-refractivity contribution >= 4 is 39.3 Å². The summed E-state index contributed by atoms with van der Waals surface area (Å²) in [4.78, 5) is 2.55. The summed E-state index contributed by atoms with van der Waals surface area (Å²) >= 11 is 1.68. The zero-order valence-electron chi connectivity index (χ0n) is 21.9. The van der Waals surface area contributed by atoms with E-state index in [1.54, 1.807) is 11.3 Å². The number of unbranched alkanes of at least 4 members (excludes halogenated alkanes) is 7. The van der Waals surface area contributed by atoms with Crippen molar-refractivity contribution in [3.05, 3.63) is 45.9 Å². The molecule has 0 aliphatic heterocycles. The summed E-state index contributed by atoms with van der Waals surface area (Å²) in [6, 6.07) is 8.88. The molecule has 0 saturated heterocycles. The fourth-order valence-electron chi connectivity index (χ4n) is 4.20. The quantitative estimate of drug-likeness (QED) is 0.123. The Kier molecular flexibility index (Phi) is 13.6. The number of nitrogens with zero attached hydrogens (tertiary/aromatic N) is 2. The Morgan fingerprint density at radius 3 is 2.09 bits per heavy atom. The molecule has 2 aromatic rings. The summed E-state index contributed by atoms with van der Waals surface area (Å²) in [6.07, 6.45) is 15.6. The number of thiazole rings is 1. The Balaban J connectivity index is 1.99. The number of hydrogen-bond acceptors (Lipinski definition) is 5. The molecular weight excluding hydrogens is 476 g/mol. The molecule has 1 aromatic carbocycles. The average molecular weight is 521 g/mol. The van der Waals surface area contributed by atoms with Crippen molar-refractivity contribution in [2.45, 2.75) is 91.5 Å². The van der Waals surface area contributed by atoms with Crippen LogP contribution in [0.25, 0.3) is 12.2 Å². The Bertz CT molecular complexity index is 970. The summed E-state index contributed by atoms with van der Waals surface area (Å²) < 4.78 is 34.7. The van der Waals surface area contributed by atoms with Crippen LogP contribution in [0.2, 0.25) is 0 Å². The predicted octanol–water partition coefficient (Wildman–Crippen LogP) is 6.81. The molecule has 7 heteroatoms. The second-order valence-corrected chi connectivity index (χ2v) is 11.8. The van der Waals surface area contributed by atoms with Gasteiger partial charge in [-0.05, 0) is 43.0 Å². The van der Waals surface area contributed by atoms with Gasteiger partial charge in [-0.3, -0.25) is 0 Å². The standard InChI is InChI=1S/C28H44N2O3S2/c1-4-6-8-10-20-29(21-11-9-7-5-2)27-17-14-26(15-18-27)16-19-28-30(25(3)24-34-28)22-12-13-23-35(31,32)33/h14-19,24H,4-13,20-23H2,1-3H3. The van der Waals surface area contributed by atoms with E-state index in [1.807, 2.05) is 0 Å². The Labute approximate surface area is 217 Å². The largest absolute Gasteiger partial charge is 0.748 e. The first-order valence-electron chi connectivity index (χ1n) is 13.3. The van der Waals surface area contributed by atoms with E-state index < -0.39 is 10.1 Å². The van der Waals surface area contributed by atoms with Crippen molar-refractivity contribution in [3.8, 4) is 0 Å². The van der Waals surface area contributed by atoms with Crippen molar-refractivity contribution < 1.29 is 17.5 Å². The number of aryl methyl sites for hydroxylation is 1. The van der Waals surface area contributed by atoms with Crippen molar-refractivity contribution in [3.63, 3.8) is 0 Å². The molecule has 1 heterocycles. The molecule has 0 aliphatic rings. The van der Waals surface area contributed by atoms with E-state index in [9.17, 15) is 13.0 Å². The fraction of sp³-hybridized carbons (Fsp3) is 0.607. The fourth-order valence-corrected chi connectivity index (χ4v) is 5.69. The van der Waals surface area contributed by atoms with Gasteiger partial charge in [-0.15, -0.1) is 0 Å². The van der Waals surface area contributed by atoms with Gasteiger partial charge < -0.3 is 9.45 Å². The third-order valence-corrected chi connectivity index (χ3v) is 8.15. The topological polar surface area (TPSA) is 64.3 Å². The normalized spacial score (nSPS) is 12.0. The Morgan fingerprint density at radius 1 is 0.886 bits per heavy atom. The maximum absolute atomic E-state index is 10.8. The molecule has 0 aliphatic carbocycles. The van der Waals surface area contributed by atoms with Crippen LogP contribution in [0.5, 0.6) is 0 Å². The number of hydrogen-bond donors (Lipinski definition) is 0. The molecule has 1 aromatic heterocycles. The van der Waals surface area contributed by atoms with Crippen molar-refractivity contribution in [1.82, 2.24) is 0 Å². The van der Waals surface area contributed by atoms with E-state index in [0.717, 1.165) is 23.8 Å². The summed E-state index contributed by atoms with van der Waals surface area (Å²) in [5, 5.41) is 3.24. The molecule has 5 nitrogen and oxygen atoms in total. The SMILES string of the molecule is CCCCCCN(CCCCCC)c1ccc(/C=C/c2scc(C)[n+]2CCCCS(=O)(=O)[O-])cc1. The van der Waals surface area contributed by atoms with Gasteiger partial charge in [0.05, 0.1) is 15.5 Å². The van der Waals surface area contributed by atoms with Crippen LogP contribution in [0.3, 0.4) is 0 Å². The van der Waals surface area contributed by atoms with E-state index in [2.05, 4.69) is 72.0 Å². The van der Waals surface area contributed by atoms with Crippen LogP contribution in [0.15, 0.2) is 29.6 Å². The van der Waals surface area contributed by atoms with Gasteiger partial charge in [0.1, 0.15) is 6.54 Å². The van der Waals surface area contributed by atoms with Gasteiger partial charge in [0.25, 0.3) is 5.01 Å². The van der Waals surface area contributed by atoms with Gasteiger partial charge in [0.15, 0.2) is 5.69 Å². The lowest BCUT2D eigenvalue weighted by Gasteiger charge is -2.25. The lowest BCUT2D eigenvalue weighted by molar-refractivity contribution is -0.699. The van der Waals surface area contributed by atoms with Gasteiger partial charge in [0.2, 0.25) is 0 Å². The molecule has 0 saturated carbocycles. The molecule has 0 radical (unpaired) electrons. The third kappa shape index (κ3) is 11.7. The van der Waals surface area contributed by atoms with Gasteiger partial charge in [-0.25, -0.2) is 8.42 Å². The van der Waals surface area contributed by atoms with Crippen molar-refractivity contribution in [2.24, 2.45) is 0 Å². The average Bonchev–Trinajstić information content (AvgIpc) is 3.18. The highest BCUT2D eigenvalue weighted by atomic mass is 32.2. The number of benzene rings is 1. The molecular formula is C28H44N2O3S2. The number of anilines is 1. The number of aromatic nitrogens is 1. The summed E-state index contributed by atoms with van der Waals surface area (Å²) in [5.41, 5.74) is 3.63. The molecule has 0 bridgehead atoms. The van der Waals surface area contributed by atoms with E-state index in [4.69, 9.17) is 0 Å². The Hall–Kier alpha value is -1.70. The van der Waals surface area contributed by atoms with Crippen LogP contribution in [0.4, 0.5) is 5.69 Å². The molecule has 35 heavy (non-hydrogen) atoms. The van der Waals surface area contributed by atoms with E-state index >= 15 is 0 Å². The zero-order chi connectivity index (χ0) is 25.5. The van der Waals surface area contributed by atoms with Crippen LogP contribution in [0.1, 0.15) is 94.3 Å². The van der Waals surface area contributed by atoms with Crippen molar-refractivity contribution in [2.75, 3.05) is 23.7 Å². The molecule has 2 rings (SSSR count). The lowest BCUT2D eigenvalue weighted by Crippen LogP contribution is -2.37. The number of rotatable bonds is 18. The highest BCUT2D eigenvalue weighted by Gasteiger charge is 2.14. The molecule has 0 fully saturated rings. The van der Waals surface area contributed by atoms with Gasteiger partial charge in [-0.1, -0.05) is 75.8 Å². The maximum atomic E-state index is 10.8. The zero-order valence-corrected chi connectivity index (χ0v) is 23.5. The van der Waals surface area contributed by atoms with Gasteiger partial charge in [-0.2, -0.15) is 4.57 Å².